The van der Waals surface area contributed by atoms with Crippen LogP contribution in [0.3, 0.4) is 0 Å². The van der Waals surface area contributed by atoms with Crippen molar-refractivity contribution in [2.24, 2.45) is 0 Å². The molecule has 3 N–H and O–H groups in total. The number of nitrogens with one attached hydrogen (secondary N) is 2. The number of aliphatic carboxylic acids is 1. The van der Waals surface area contributed by atoms with Gasteiger partial charge in [0.15, 0.2) is 6.61 Å². The number of hydrogen-bond acceptors (Lipinski definition) is 3. The van der Waals surface area contributed by atoms with Crippen LogP contribution in [0.2, 0.25) is 5.02 Å². The van der Waals surface area contributed by atoms with Crippen molar-refractivity contribution in [2.75, 3.05) is 13.2 Å². The summed E-state index contributed by atoms with van der Waals surface area (Å²) in [5.74, 6) is -1.16. The van der Waals surface area contributed by atoms with E-state index in [0.29, 0.717) is 18.0 Å². The van der Waals surface area contributed by atoms with Crippen molar-refractivity contribution >= 4 is 23.6 Å². The number of carbonyl (C=O) groups is 2. The van der Waals surface area contributed by atoms with E-state index in [9.17, 15) is 9.59 Å². The zero-order chi connectivity index (χ0) is 13.4. The average Bonchev–Trinajstić information content (AvgIpc) is 2.31. The van der Waals surface area contributed by atoms with Crippen LogP contribution in [0.4, 0.5) is 4.79 Å². The predicted octanol–water partition coefficient (Wildman–Crippen LogP) is 1.20. The molecule has 1 rings (SSSR count). The summed E-state index contributed by atoms with van der Waals surface area (Å²) >= 11 is 5.73. The van der Waals surface area contributed by atoms with E-state index in [0.717, 1.165) is 5.56 Å². The monoisotopic (exact) mass is 272 g/mol. The summed E-state index contributed by atoms with van der Waals surface area (Å²) in [5.41, 5.74) is 2.99. The SMILES string of the molecule is O=C(O)CONC(=O)NCCc1ccc(Cl)cc1. The van der Waals surface area contributed by atoms with Gasteiger partial charge in [-0.05, 0) is 24.1 Å². The van der Waals surface area contributed by atoms with Crippen molar-refractivity contribution in [3.8, 4) is 0 Å². The first-order valence-electron chi connectivity index (χ1n) is 5.20. The van der Waals surface area contributed by atoms with E-state index in [1.54, 1.807) is 12.1 Å². The Balaban J connectivity index is 2.15. The number of amides is 2. The largest absolute Gasteiger partial charge is 0.479 e. The smallest absolute Gasteiger partial charge is 0.338 e. The van der Waals surface area contributed by atoms with Crippen molar-refractivity contribution in [2.45, 2.75) is 6.42 Å². The highest BCUT2D eigenvalue weighted by atomic mass is 35.5. The number of rotatable bonds is 6. The maximum atomic E-state index is 11.1. The van der Waals surface area contributed by atoms with Crippen molar-refractivity contribution < 1.29 is 19.5 Å². The third-order valence-corrected chi connectivity index (χ3v) is 2.22. The Kier molecular flexibility index (Phi) is 5.96. The summed E-state index contributed by atoms with van der Waals surface area (Å²) < 4.78 is 0. The molecule has 7 heteroatoms. The van der Waals surface area contributed by atoms with Gasteiger partial charge >= 0.3 is 12.0 Å². The van der Waals surface area contributed by atoms with Crippen LogP contribution in [0.1, 0.15) is 5.56 Å². The first-order valence-corrected chi connectivity index (χ1v) is 5.57. The standard InChI is InChI=1S/C11H13ClN2O4/c12-9-3-1-8(2-4-9)5-6-13-11(17)14-18-7-10(15)16/h1-4H,5-7H2,(H,15,16)(H2,13,14,17). The lowest BCUT2D eigenvalue weighted by molar-refractivity contribution is -0.144. The number of hydroxylamine groups is 1. The molecule has 0 aliphatic rings. The molecule has 0 spiro atoms. The van der Waals surface area contributed by atoms with Crippen molar-refractivity contribution in [1.29, 1.82) is 0 Å². The maximum absolute atomic E-state index is 11.1. The van der Waals surface area contributed by atoms with Crippen molar-refractivity contribution in [1.82, 2.24) is 10.8 Å². The molecule has 0 heterocycles. The van der Waals surface area contributed by atoms with Gasteiger partial charge in [0, 0.05) is 11.6 Å². The normalized spacial score (nSPS) is 9.83. The molecule has 0 aromatic heterocycles. The number of carbonyl (C=O) groups excluding carboxylic acids is 1. The summed E-state index contributed by atoms with van der Waals surface area (Å²) in [7, 11) is 0. The van der Waals surface area contributed by atoms with Crippen LogP contribution in [-0.4, -0.2) is 30.3 Å². The Morgan fingerprint density at radius 1 is 1.28 bits per heavy atom. The Morgan fingerprint density at radius 2 is 1.94 bits per heavy atom. The molecule has 0 radical (unpaired) electrons. The number of carboxylic acids is 1. The Hall–Kier alpha value is -1.79. The second kappa shape index (κ2) is 7.52. The molecule has 0 aliphatic carbocycles. The fraction of sp³-hybridized carbons (Fsp3) is 0.273. The van der Waals surface area contributed by atoms with Gasteiger partial charge in [-0.2, -0.15) is 0 Å². The zero-order valence-corrected chi connectivity index (χ0v) is 10.2. The van der Waals surface area contributed by atoms with E-state index >= 15 is 0 Å². The molecule has 18 heavy (non-hydrogen) atoms. The van der Waals surface area contributed by atoms with Gasteiger partial charge in [0.1, 0.15) is 0 Å². The van der Waals surface area contributed by atoms with Crippen LogP contribution < -0.4 is 10.8 Å². The molecule has 0 unspecified atom stereocenters. The van der Waals surface area contributed by atoms with Gasteiger partial charge in [0.05, 0.1) is 0 Å². The molecule has 98 valence electrons. The van der Waals surface area contributed by atoms with E-state index in [1.165, 1.54) is 0 Å². The molecular weight excluding hydrogens is 260 g/mol. The van der Waals surface area contributed by atoms with E-state index < -0.39 is 18.6 Å². The third-order valence-electron chi connectivity index (χ3n) is 1.97. The van der Waals surface area contributed by atoms with Crippen LogP contribution in [0.25, 0.3) is 0 Å². The Labute approximate surface area is 109 Å². The van der Waals surface area contributed by atoms with Gasteiger partial charge < -0.3 is 10.4 Å². The lowest BCUT2D eigenvalue weighted by Gasteiger charge is -2.06. The van der Waals surface area contributed by atoms with Crippen LogP contribution >= 0.6 is 11.6 Å². The van der Waals surface area contributed by atoms with Gasteiger partial charge in [0.2, 0.25) is 0 Å². The summed E-state index contributed by atoms with van der Waals surface area (Å²) in [4.78, 5) is 25.6. The highest BCUT2D eigenvalue weighted by Gasteiger charge is 2.02. The number of benzene rings is 1. The van der Waals surface area contributed by atoms with Gasteiger partial charge in [-0.3, -0.25) is 4.84 Å². The molecular formula is C11H13ClN2O4. The molecule has 1 aromatic rings. The average molecular weight is 273 g/mol. The quantitative estimate of drug-likeness (QED) is 0.679. The highest BCUT2D eigenvalue weighted by molar-refractivity contribution is 6.30. The first-order chi connectivity index (χ1) is 8.58. The lowest BCUT2D eigenvalue weighted by Crippen LogP contribution is -2.37. The second-order valence-electron chi connectivity index (χ2n) is 3.42. The fourth-order valence-corrected chi connectivity index (χ4v) is 1.30. The first kappa shape index (κ1) is 14.3. The van der Waals surface area contributed by atoms with Crippen LogP contribution in [0.15, 0.2) is 24.3 Å². The van der Waals surface area contributed by atoms with Crippen LogP contribution in [0, 0.1) is 0 Å². The van der Waals surface area contributed by atoms with Crippen molar-refractivity contribution in [3.05, 3.63) is 34.9 Å². The minimum atomic E-state index is -1.16. The maximum Gasteiger partial charge on any atom is 0.338 e. The molecule has 0 atom stereocenters. The molecule has 6 nitrogen and oxygen atoms in total. The Morgan fingerprint density at radius 3 is 2.56 bits per heavy atom. The summed E-state index contributed by atoms with van der Waals surface area (Å²) in [6.45, 7) is -0.172. The molecule has 0 fully saturated rings. The number of hydrogen-bond donors (Lipinski definition) is 3. The fourth-order valence-electron chi connectivity index (χ4n) is 1.17. The predicted molar refractivity (Wildman–Crippen MR) is 65.3 cm³/mol. The zero-order valence-electron chi connectivity index (χ0n) is 9.48. The van der Waals surface area contributed by atoms with Crippen LogP contribution in [0.5, 0.6) is 0 Å². The third kappa shape index (κ3) is 6.07. The molecule has 1 aromatic carbocycles. The number of carboxylic acid groups (broad SMARTS) is 1. The molecule has 0 bridgehead atoms. The number of halogens is 1. The van der Waals surface area contributed by atoms with Gasteiger partial charge in [0.25, 0.3) is 0 Å². The second-order valence-corrected chi connectivity index (χ2v) is 3.85. The van der Waals surface area contributed by atoms with E-state index in [1.807, 2.05) is 17.6 Å². The van der Waals surface area contributed by atoms with Gasteiger partial charge in [-0.25, -0.2) is 15.1 Å². The molecule has 2 amide bonds. The van der Waals surface area contributed by atoms with Crippen molar-refractivity contribution in [3.63, 3.8) is 0 Å². The van der Waals surface area contributed by atoms with E-state index in [2.05, 4.69) is 10.2 Å². The highest BCUT2D eigenvalue weighted by Crippen LogP contribution is 2.09. The van der Waals surface area contributed by atoms with Crippen LogP contribution in [-0.2, 0) is 16.1 Å². The lowest BCUT2D eigenvalue weighted by atomic mass is 10.1. The summed E-state index contributed by atoms with van der Waals surface area (Å²) in [5, 5.41) is 11.4. The molecule has 0 saturated carbocycles. The van der Waals surface area contributed by atoms with E-state index in [4.69, 9.17) is 16.7 Å². The summed E-state index contributed by atoms with van der Waals surface area (Å²) in [6, 6.07) is 6.69. The minimum absolute atomic E-state index is 0.407. The van der Waals surface area contributed by atoms with E-state index in [-0.39, 0.29) is 0 Å². The topological polar surface area (TPSA) is 87.7 Å². The molecule has 0 aliphatic heterocycles. The van der Waals surface area contributed by atoms with Gasteiger partial charge in [-0.15, -0.1) is 0 Å². The van der Waals surface area contributed by atoms with Gasteiger partial charge in [-0.1, -0.05) is 23.7 Å². The minimum Gasteiger partial charge on any atom is -0.479 e. The Bertz CT molecular complexity index is 408. The molecule has 0 saturated heterocycles. The summed E-state index contributed by atoms with van der Waals surface area (Å²) in [6.07, 6.45) is 0.642. The number of urea groups is 1.